The van der Waals surface area contributed by atoms with Crippen molar-refractivity contribution in [2.24, 2.45) is 5.92 Å². The number of hydrogen-bond acceptors (Lipinski definition) is 3. The van der Waals surface area contributed by atoms with E-state index in [1.165, 1.54) is 0 Å². The highest BCUT2D eigenvalue weighted by molar-refractivity contribution is 5.80. The number of ketones is 1. The highest BCUT2D eigenvalue weighted by atomic mass is 16.5. The van der Waals surface area contributed by atoms with Gasteiger partial charge in [0.25, 0.3) is 0 Å². The Hall–Kier alpha value is -2.10. The molecular weight excluding hydrogens is 252 g/mol. The van der Waals surface area contributed by atoms with Crippen LogP contribution in [0.3, 0.4) is 0 Å². The van der Waals surface area contributed by atoms with Gasteiger partial charge in [0.2, 0.25) is 0 Å². The van der Waals surface area contributed by atoms with E-state index in [1.54, 1.807) is 6.20 Å². The van der Waals surface area contributed by atoms with E-state index in [2.05, 4.69) is 11.2 Å². The SMILES string of the molecule is CC1CCc2cc(-n3cccn3)ccc2OCCC1=O. The van der Waals surface area contributed by atoms with Gasteiger partial charge in [-0.3, -0.25) is 4.79 Å². The molecule has 0 saturated heterocycles. The topological polar surface area (TPSA) is 44.1 Å². The van der Waals surface area contributed by atoms with Gasteiger partial charge in [-0.15, -0.1) is 0 Å². The van der Waals surface area contributed by atoms with Crippen LogP contribution in [-0.4, -0.2) is 22.2 Å². The van der Waals surface area contributed by atoms with Gasteiger partial charge in [-0.1, -0.05) is 6.92 Å². The third-order valence-electron chi connectivity index (χ3n) is 3.82. The molecule has 0 spiro atoms. The molecule has 0 aliphatic carbocycles. The van der Waals surface area contributed by atoms with Crippen molar-refractivity contribution in [3.8, 4) is 11.4 Å². The van der Waals surface area contributed by atoms with E-state index in [-0.39, 0.29) is 5.92 Å². The van der Waals surface area contributed by atoms with Gasteiger partial charge in [-0.05, 0) is 42.7 Å². The number of carbonyl (C=O) groups is 1. The minimum atomic E-state index is 0.109. The van der Waals surface area contributed by atoms with E-state index >= 15 is 0 Å². The number of Topliss-reactive ketones (excluding diaryl/α,β-unsaturated/α-hetero) is 1. The molecule has 0 N–H and O–H groups in total. The molecule has 1 aromatic carbocycles. The van der Waals surface area contributed by atoms with Crippen molar-refractivity contribution in [1.82, 2.24) is 9.78 Å². The first-order chi connectivity index (χ1) is 9.74. The molecule has 0 saturated carbocycles. The lowest BCUT2D eigenvalue weighted by atomic mass is 9.96. The third kappa shape index (κ3) is 2.59. The molecule has 0 amide bonds. The summed E-state index contributed by atoms with van der Waals surface area (Å²) in [4.78, 5) is 11.8. The van der Waals surface area contributed by atoms with Gasteiger partial charge in [0.1, 0.15) is 11.5 Å². The molecular formula is C16H18N2O2. The zero-order chi connectivity index (χ0) is 13.9. The molecule has 4 nitrogen and oxygen atoms in total. The molecule has 1 unspecified atom stereocenters. The summed E-state index contributed by atoms with van der Waals surface area (Å²) in [6.07, 6.45) is 5.92. The normalized spacial score (nSPS) is 19.4. The molecule has 4 heteroatoms. The molecule has 1 atom stereocenters. The van der Waals surface area contributed by atoms with E-state index < -0.39 is 0 Å². The lowest BCUT2D eigenvalue weighted by Crippen LogP contribution is -2.13. The Morgan fingerprint density at radius 2 is 2.25 bits per heavy atom. The van der Waals surface area contributed by atoms with Gasteiger partial charge in [-0.25, -0.2) is 4.68 Å². The summed E-state index contributed by atoms with van der Waals surface area (Å²) in [5, 5.41) is 4.24. The van der Waals surface area contributed by atoms with Crippen LogP contribution in [0.15, 0.2) is 36.7 Å². The summed E-state index contributed by atoms with van der Waals surface area (Å²) in [6.45, 7) is 2.47. The van der Waals surface area contributed by atoms with Crippen molar-refractivity contribution in [1.29, 1.82) is 0 Å². The van der Waals surface area contributed by atoms with E-state index in [9.17, 15) is 4.79 Å². The Bertz CT molecular complexity index is 605. The highest BCUT2D eigenvalue weighted by Crippen LogP contribution is 2.26. The highest BCUT2D eigenvalue weighted by Gasteiger charge is 2.17. The quantitative estimate of drug-likeness (QED) is 0.800. The zero-order valence-corrected chi connectivity index (χ0v) is 11.6. The van der Waals surface area contributed by atoms with Crippen LogP contribution in [0.5, 0.6) is 5.75 Å². The number of nitrogens with zero attached hydrogens (tertiary/aromatic N) is 2. The number of benzene rings is 1. The standard InChI is InChI=1S/C16H18N2O2/c1-12-3-4-13-11-14(18-9-2-8-17-18)5-6-16(13)20-10-7-15(12)19/h2,5-6,8-9,11-12H,3-4,7,10H2,1H3. The molecule has 1 aliphatic heterocycles. The Labute approximate surface area is 118 Å². The van der Waals surface area contributed by atoms with Gasteiger partial charge in [0.05, 0.1) is 12.3 Å². The van der Waals surface area contributed by atoms with Crippen molar-refractivity contribution in [2.45, 2.75) is 26.2 Å². The first kappa shape index (κ1) is 12.9. The number of fused-ring (bicyclic) bond motifs is 1. The van der Waals surface area contributed by atoms with Gasteiger partial charge < -0.3 is 4.74 Å². The van der Waals surface area contributed by atoms with Crippen LogP contribution in [-0.2, 0) is 11.2 Å². The monoisotopic (exact) mass is 270 g/mol. The van der Waals surface area contributed by atoms with Crippen LogP contribution in [0.1, 0.15) is 25.3 Å². The number of carbonyl (C=O) groups excluding carboxylic acids is 1. The predicted molar refractivity (Wildman–Crippen MR) is 76.2 cm³/mol. The maximum absolute atomic E-state index is 11.8. The molecule has 0 bridgehead atoms. The van der Waals surface area contributed by atoms with Gasteiger partial charge in [0, 0.05) is 24.7 Å². The number of aryl methyl sites for hydroxylation is 1. The summed E-state index contributed by atoms with van der Waals surface area (Å²) in [5.41, 5.74) is 2.18. The molecule has 1 aliphatic rings. The lowest BCUT2D eigenvalue weighted by Gasteiger charge is -2.11. The molecule has 20 heavy (non-hydrogen) atoms. The molecule has 0 radical (unpaired) electrons. The van der Waals surface area contributed by atoms with Crippen molar-refractivity contribution < 1.29 is 9.53 Å². The second-order valence-corrected chi connectivity index (χ2v) is 5.25. The van der Waals surface area contributed by atoms with Crippen molar-refractivity contribution >= 4 is 5.78 Å². The number of ether oxygens (including phenoxy) is 1. The van der Waals surface area contributed by atoms with E-state index in [0.717, 1.165) is 29.8 Å². The molecule has 0 fully saturated rings. The lowest BCUT2D eigenvalue weighted by molar-refractivity contribution is -0.122. The molecule has 104 valence electrons. The number of rotatable bonds is 1. The van der Waals surface area contributed by atoms with E-state index in [0.29, 0.717) is 18.8 Å². The van der Waals surface area contributed by atoms with Gasteiger partial charge >= 0.3 is 0 Å². The maximum atomic E-state index is 11.8. The Morgan fingerprint density at radius 1 is 1.35 bits per heavy atom. The van der Waals surface area contributed by atoms with E-state index in [4.69, 9.17) is 4.74 Å². The summed E-state index contributed by atoms with van der Waals surface area (Å²) in [5.74, 6) is 1.30. The van der Waals surface area contributed by atoms with Crippen LogP contribution >= 0.6 is 0 Å². The predicted octanol–water partition coefficient (Wildman–Crippen LogP) is 2.79. The summed E-state index contributed by atoms with van der Waals surface area (Å²) >= 11 is 0. The second kappa shape index (κ2) is 5.49. The Kier molecular flexibility index (Phi) is 3.54. The first-order valence-electron chi connectivity index (χ1n) is 7.02. The van der Waals surface area contributed by atoms with E-state index in [1.807, 2.05) is 36.0 Å². The summed E-state index contributed by atoms with van der Waals surface area (Å²) in [7, 11) is 0. The van der Waals surface area contributed by atoms with Gasteiger partial charge in [-0.2, -0.15) is 5.10 Å². The molecule has 2 heterocycles. The van der Waals surface area contributed by atoms with Crippen LogP contribution in [0.2, 0.25) is 0 Å². The van der Waals surface area contributed by atoms with Crippen LogP contribution in [0, 0.1) is 5.92 Å². The Balaban J connectivity index is 1.91. The average molecular weight is 270 g/mol. The molecule has 1 aromatic heterocycles. The molecule has 3 rings (SSSR count). The van der Waals surface area contributed by atoms with Crippen LogP contribution in [0.25, 0.3) is 5.69 Å². The largest absolute Gasteiger partial charge is 0.493 e. The fraction of sp³-hybridized carbons (Fsp3) is 0.375. The van der Waals surface area contributed by atoms with Crippen molar-refractivity contribution in [3.05, 3.63) is 42.2 Å². The zero-order valence-electron chi connectivity index (χ0n) is 11.6. The number of hydrogen-bond donors (Lipinski definition) is 0. The third-order valence-corrected chi connectivity index (χ3v) is 3.82. The smallest absolute Gasteiger partial charge is 0.139 e. The van der Waals surface area contributed by atoms with Crippen LogP contribution < -0.4 is 4.74 Å². The van der Waals surface area contributed by atoms with Gasteiger partial charge in [0.15, 0.2) is 0 Å². The minimum absolute atomic E-state index is 0.109. The van der Waals surface area contributed by atoms with Crippen molar-refractivity contribution in [3.63, 3.8) is 0 Å². The fourth-order valence-electron chi connectivity index (χ4n) is 2.51. The summed E-state index contributed by atoms with van der Waals surface area (Å²) in [6, 6.07) is 7.98. The summed E-state index contributed by atoms with van der Waals surface area (Å²) < 4.78 is 7.58. The minimum Gasteiger partial charge on any atom is -0.493 e. The van der Waals surface area contributed by atoms with Crippen LogP contribution in [0.4, 0.5) is 0 Å². The maximum Gasteiger partial charge on any atom is 0.139 e. The second-order valence-electron chi connectivity index (χ2n) is 5.25. The average Bonchev–Trinajstić information content (AvgIpc) is 2.99. The molecule has 2 aromatic rings. The van der Waals surface area contributed by atoms with Crippen molar-refractivity contribution in [2.75, 3.05) is 6.61 Å². The first-order valence-corrected chi connectivity index (χ1v) is 7.02. The number of aromatic nitrogens is 2. The Morgan fingerprint density at radius 3 is 3.05 bits per heavy atom. The fourth-order valence-corrected chi connectivity index (χ4v) is 2.51.